The normalized spacial score (nSPS) is 19.7. The van der Waals surface area contributed by atoms with Crippen molar-refractivity contribution in [3.05, 3.63) is 35.9 Å². The summed E-state index contributed by atoms with van der Waals surface area (Å²) in [5.41, 5.74) is 0.545. The highest BCUT2D eigenvalue weighted by Gasteiger charge is 2.41. The van der Waals surface area contributed by atoms with Crippen molar-refractivity contribution >= 4 is 30.1 Å². The van der Waals surface area contributed by atoms with E-state index in [2.05, 4.69) is 10.6 Å². The second-order valence-corrected chi connectivity index (χ2v) is 5.59. The molecule has 0 aromatic heterocycles. The molecule has 118 valence electrons. The number of halogens is 4. The Labute approximate surface area is 131 Å². The number of carbonyl (C=O) groups excluding carboxylic acids is 1. The summed E-state index contributed by atoms with van der Waals surface area (Å²) in [6.45, 7) is 0. The number of alkyl halides is 3. The van der Waals surface area contributed by atoms with Crippen LogP contribution in [0.3, 0.4) is 0 Å². The molecule has 1 heterocycles. The predicted octanol–water partition coefficient (Wildman–Crippen LogP) is 2.36. The molecule has 2 N–H and O–H groups in total. The van der Waals surface area contributed by atoms with Crippen LogP contribution in [0.1, 0.15) is 5.56 Å². The number of hydrogen-bond acceptors (Lipinski definition) is 3. The van der Waals surface area contributed by atoms with Gasteiger partial charge in [0.15, 0.2) is 0 Å². The minimum atomic E-state index is -4.46. The molecule has 1 aromatic carbocycles. The van der Waals surface area contributed by atoms with E-state index < -0.39 is 24.2 Å². The minimum Gasteiger partial charge on any atom is -0.343 e. The lowest BCUT2D eigenvalue weighted by atomic mass is 10.1. The molecule has 8 heteroatoms. The van der Waals surface area contributed by atoms with Gasteiger partial charge < -0.3 is 5.32 Å². The largest absolute Gasteiger partial charge is 0.408 e. The Hall–Kier alpha value is -0.920. The Morgan fingerprint density at radius 1 is 1.38 bits per heavy atom. The van der Waals surface area contributed by atoms with Gasteiger partial charge >= 0.3 is 6.18 Å². The second-order valence-electron chi connectivity index (χ2n) is 4.56. The van der Waals surface area contributed by atoms with Crippen LogP contribution in [0.4, 0.5) is 13.2 Å². The fraction of sp³-hybridized carbons (Fsp3) is 0.462. The fourth-order valence-electron chi connectivity index (χ4n) is 1.93. The van der Waals surface area contributed by atoms with Crippen molar-refractivity contribution in [3.63, 3.8) is 0 Å². The Morgan fingerprint density at radius 2 is 2.05 bits per heavy atom. The number of carbonyl (C=O) groups is 1. The number of thioether (sulfide) groups is 1. The molecule has 2 rings (SSSR count). The third kappa shape index (κ3) is 5.41. The van der Waals surface area contributed by atoms with Gasteiger partial charge in [-0.25, -0.2) is 0 Å². The first kappa shape index (κ1) is 18.1. The van der Waals surface area contributed by atoms with Crippen LogP contribution in [0.5, 0.6) is 0 Å². The third-order valence-corrected chi connectivity index (χ3v) is 3.97. The van der Waals surface area contributed by atoms with E-state index in [1.54, 1.807) is 30.3 Å². The zero-order valence-corrected chi connectivity index (χ0v) is 12.7. The van der Waals surface area contributed by atoms with Crippen LogP contribution in [-0.4, -0.2) is 35.8 Å². The lowest BCUT2D eigenvalue weighted by Crippen LogP contribution is -2.52. The molecular formula is C13H16ClF3N2OS. The summed E-state index contributed by atoms with van der Waals surface area (Å²) in [6.07, 6.45) is -4.72. The quantitative estimate of drug-likeness (QED) is 0.884. The Bertz CT molecular complexity index is 452. The fourth-order valence-corrected chi connectivity index (χ4v) is 2.88. The SMILES string of the molecule is Cl.O=C(NC(Cc1ccccc1)C(F)(F)F)C1CSCN1. The van der Waals surface area contributed by atoms with Gasteiger partial charge in [-0.05, 0) is 5.56 Å². The predicted molar refractivity (Wildman–Crippen MR) is 79.6 cm³/mol. The van der Waals surface area contributed by atoms with Crippen LogP contribution in [0.2, 0.25) is 0 Å². The molecule has 1 fully saturated rings. The number of benzene rings is 1. The van der Waals surface area contributed by atoms with Crippen LogP contribution < -0.4 is 10.6 Å². The van der Waals surface area contributed by atoms with E-state index in [9.17, 15) is 18.0 Å². The van der Waals surface area contributed by atoms with Crippen molar-refractivity contribution < 1.29 is 18.0 Å². The Morgan fingerprint density at radius 3 is 2.57 bits per heavy atom. The van der Waals surface area contributed by atoms with Gasteiger partial charge in [0.05, 0.1) is 6.04 Å². The van der Waals surface area contributed by atoms with E-state index in [1.165, 1.54) is 11.8 Å². The van der Waals surface area contributed by atoms with Crippen LogP contribution in [-0.2, 0) is 11.2 Å². The highest BCUT2D eigenvalue weighted by Crippen LogP contribution is 2.23. The molecule has 2 unspecified atom stereocenters. The van der Waals surface area contributed by atoms with Gasteiger partial charge in [0.25, 0.3) is 0 Å². The first-order valence-corrected chi connectivity index (χ1v) is 7.34. The molecule has 21 heavy (non-hydrogen) atoms. The Balaban J connectivity index is 0.00000220. The molecule has 0 radical (unpaired) electrons. The molecule has 1 saturated heterocycles. The lowest BCUT2D eigenvalue weighted by molar-refractivity contribution is -0.161. The monoisotopic (exact) mass is 340 g/mol. The van der Waals surface area contributed by atoms with Crippen LogP contribution in [0.15, 0.2) is 30.3 Å². The maximum absolute atomic E-state index is 13.0. The van der Waals surface area contributed by atoms with Crippen molar-refractivity contribution in [1.29, 1.82) is 0 Å². The van der Waals surface area contributed by atoms with E-state index in [-0.39, 0.29) is 18.8 Å². The van der Waals surface area contributed by atoms with Gasteiger partial charge in [0.2, 0.25) is 5.91 Å². The Kier molecular flexibility index (Phi) is 6.83. The second kappa shape index (κ2) is 7.91. The van der Waals surface area contributed by atoms with Gasteiger partial charge in [-0.3, -0.25) is 10.1 Å². The van der Waals surface area contributed by atoms with Crippen LogP contribution >= 0.6 is 24.2 Å². The van der Waals surface area contributed by atoms with Crippen molar-refractivity contribution in [2.45, 2.75) is 24.7 Å². The number of hydrogen-bond donors (Lipinski definition) is 2. The zero-order chi connectivity index (χ0) is 14.6. The summed E-state index contributed by atoms with van der Waals surface area (Å²) < 4.78 is 39.0. The molecule has 1 aliphatic heterocycles. The van der Waals surface area contributed by atoms with Crippen LogP contribution in [0.25, 0.3) is 0 Å². The number of rotatable bonds is 4. The maximum Gasteiger partial charge on any atom is 0.408 e. The van der Waals surface area contributed by atoms with Gasteiger partial charge in [0, 0.05) is 18.1 Å². The van der Waals surface area contributed by atoms with Gasteiger partial charge in [-0.15, -0.1) is 24.2 Å². The molecule has 1 aliphatic rings. The first-order valence-electron chi connectivity index (χ1n) is 6.19. The smallest absolute Gasteiger partial charge is 0.343 e. The highest BCUT2D eigenvalue weighted by molar-refractivity contribution is 7.99. The van der Waals surface area contributed by atoms with E-state index in [0.717, 1.165) is 0 Å². The minimum absolute atomic E-state index is 0. The van der Waals surface area contributed by atoms with Gasteiger partial charge in [-0.1, -0.05) is 30.3 Å². The molecule has 0 aliphatic carbocycles. The average Bonchev–Trinajstić information content (AvgIpc) is 2.92. The summed E-state index contributed by atoms with van der Waals surface area (Å²) in [7, 11) is 0. The molecule has 1 amide bonds. The summed E-state index contributed by atoms with van der Waals surface area (Å²) >= 11 is 1.50. The van der Waals surface area contributed by atoms with Crippen molar-refractivity contribution in [1.82, 2.24) is 10.6 Å². The maximum atomic E-state index is 13.0. The molecular weight excluding hydrogens is 325 g/mol. The van der Waals surface area contributed by atoms with E-state index in [0.29, 0.717) is 17.2 Å². The molecule has 0 spiro atoms. The molecule has 0 saturated carbocycles. The van der Waals surface area contributed by atoms with Gasteiger partial charge in [0.1, 0.15) is 6.04 Å². The van der Waals surface area contributed by atoms with E-state index in [1.807, 2.05) is 0 Å². The third-order valence-electron chi connectivity index (χ3n) is 3.03. The summed E-state index contributed by atoms with van der Waals surface area (Å²) in [5, 5.41) is 4.97. The zero-order valence-electron chi connectivity index (χ0n) is 11.0. The van der Waals surface area contributed by atoms with E-state index >= 15 is 0 Å². The van der Waals surface area contributed by atoms with E-state index in [4.69, 9.17) is 0 Å². The summed E-state index contributed by atoms with van der Waals surface area (Å²) in [4.78, 5) is 11.8. The number of amides is 1. The molecule has 3 nitrogen and oxygen atoms in total. The molecule has 2 atom stereocenters. The van der Waals surface area contributed by atoms with Crippen molar-refractivity contribution in [2.24, 2.45) is 0 Å². The standard InChI is InChI=1S/C13H15F3N2OS.ClH/c14-13(15,16)11(6-9-4-2-1-3-5-9)18-12(19)10-7-20-8-17-10;/h1-5,10-11,17H,6-8H2,(H,18,19);1H. The van der Waals surface area contributed by atoms with Crippen molar-refractivity contribution in [2.75, 3.05) is 11.6 Å². The average molecular weight is 341 g/mol. The van der Waals surface area contributed by atoms with Gasteiger partial charge in [-0.2, -0.15) is 13.2 Å². The highest BCUT2D eigenvalue weighted by atomic mass is 35.5. The van der Waals surface area contributed by atoms with Crippen LogP contribution in [0, 0.1) is 0 Å². The topological polar surface area (TPSA) is 41.1 Å². The molecule has 1 aromatic rings. The number of nitrogens with one attached hydrogen (secondary N) is 2. The van der Waals surface area contributed by atoms with Crippen molar-refractivity contribution in [3.8, 4) is 0 Å². The lowest BCUT2D eigenvalue weighted by Gasteiger charge is -2.23. The summed E-state index contributed by atoms with van der Waals surface area (Å²) in [6, 6.07) is 5.94. The molecule has 0 bridgehead atoms. The summed E-state index contributed by atoms with van der Waals surface area (Å²) in [5.74, 6) is 0.503. The first-order chi connectivity index (χ1) is 9.47.